The molecule has 3 rings (SSSR count). The van der Waals surface area contributed by atoms with Gasteiger partial charge in [-0.05, 0) is 43.6 Å². The molecule has 2 N–H and O–H groups in total. The zero-order valence-corrected chi connectivity index (χ0v) is 20.8. The molecule has 0 radical (unpaired) electrons. The van der Waals surface area contributed by atoms with E-state index in [4.69, 9.17) is 0 Å². The average Bonchev–Trinajstić information content (AvgIpc) is 2.73. The minimum atomic E-state index is 0. The van der Waals surface area contributed by atoms with Gasteiger partial charge in [-0.1, -0.05) is 54.6 Å². The summed E-state index contributed by atoms with van der Waals surface area (Å²) in [5, 5.41) is 7.13. The highest BCUT2D eigenvalue weighted by Crippen LogP contribution is 2.14. The van der Waals surface area contributed by atoms with Gasteiger partial charge in [-0.2, -0.15) is 0 Å². The number of halogens is 1. The Kier molecular flexibility index (Phi) is 10.6. The van der Waals surface area contributed by atoms with E-state index in [1.807, 2.05) is 7.05 Å². The minimum absolute atomic E-state index is 0. The van der Waals surface area contributed by atoms with Gasteiger partial charge in [0.2, 0.25) is 0 Å². The van der Waals surface area contributed by atoms with E-state index in [1.54, 1.807) is 0 Å². The lowest BCUT2D eigenvalue weighted by molar-refractivity contribution is 0.198. The monoisotopic (exact) mass is 521 g/mol. The van der Waals surface area contributed by atoms with Crippen molar-refractivity contribution in [3.63, 3.8) is 0 Å². The molecule has 0 aromatic heterocycles. The molecule has 1 fully saturated rings. The molecule has 1 aliphatic rings. The summed E-state index contributed by atoms with van der Waals surface area (Å²) in [4.78, 5) is 9.19. The first-order valence-electron chi connectivity index (χ1n) is 10.6. The van der Waals surface area contributed by atoms with E-state index in [9.17, 15) is 0 Å². The van der Waals surface area contributed by atoms with Crippen molar-refractivity contribution in [1.29, 1.82) is 0 Å². The molecule has 1 heterocycles. The third-order valence-electron chi connectivity index (χ3n) is 5.45. The number of nitrogens with zero attached hydrogens (tertiary/aromatic N) is 3. The van der Waals surface area contributed by atoms with Crippen molar-refractivity contribution in [2.45, 2.75) is 38.5 Å². The predicted molar refractivity (Wildman–Crippen MR) is 137 cm³/mol. The van der Waals surface area contributed by atoms with Gasteiger partial charge in [0.05, 0.1) is 0 Å². The third kappa shape index (κ3) is 7.89. The quantitative estimate of drug-likeness (QED) is 0.332. The lowest BCUT2D eigenvalue weighted by Crippen LogP contribution is -2.48. The number of likely N-dealkylation sites (tertiary alicyclic amines) is 1. The number of hydrogen-bond acceptors (Lipinski definition) is 3. The number of rotatable bonds is 7. The number of guanidine groups is 1. The largest absolute Gasteiger partial charge is 0.354 e. The maximum atomic E-state index is 4.44. The van der Waals surface area contributed by atoms with Crippen LogP contribution in [-0.4, -0.2) is 56.0 Å². The third-order valence-corrected chi connectivity index (χ3v) is 5.45. The second-order valence-corrected chi connectivity index (χ2v) is 8.11. The van der Waals surface area contributed by atoms with Crippen LogP contribution in [0.1, 0.15) is 29.5 Å². The highest BCUT2D eigenvalue weighted by atomic mass is 127. The number of piperidine rings is 1. The summed E-state index contributed by atoms with van der Waals surface area (Å²) in [6.07, 6.45) is 2.29. The molecule has 0 spiro atoms. The van der Waals surface area contributed by atoms with Crippen LogP contribution >= 0.6 is 24.0 Å². The van der Waals surface area contributed by atoms with Crippen LogP contribution in [0.25, 0.3) is 0 Å². The Labute approximate surface area is 199 Å². The van der Waals surface area contributed by atoms with Crippen LogP contribution in [0.4, 0.5) is 0 Å². The van der Waals surface area contributed by atoms with Crippen LogP contribution in [0.15, 0.2) is 59.6 Å². The Morgan fingerprint density at radius 2 is 1.63 bits per heavy atom. The van der Waals surface area contributed by atoms with E-state index in [0.717, 1.165) is 51.5 Å². The molecule has 0 saturated carbocycles. The Balaban J connectivity index is 0.00000320. The fourth-order valence-electron chi connectivity index (χ4n) is 3.87. The van der Waals surface area contributed by atoms with E-state index >= 15 is 0 Å². The van der Waals surface area contributed by atoms with Gasteiger partial charge in [0.1, 0.15) is 0 Å². The molecule has 6 heteroatoms. The molecule has 0 unspecified atom stereocenters. The molecule has 164 valence electrons. The van der Waals surface area contributed by atoms with E-state index in [-0.39, 0.29) is 24.0 Å². The molecular weight excluding hydrogens is 485 g/mol. The fraction of sp³-hybridized carbons (Fsp3) is 0.458. The standard InChI is InChI=1S/C24H35N5.HI/c1-25-24(26-17-21-11-7-8-12-22(21)19-28(2)3)27-23-13-15-29(16-14-23)18-20-9-5-4-6-10-20;/h4-12,23H,13-19H2,1-3H3,(H2,25,26,27);1H. The van der Waals surface area contributed by atoms with Crippen molar-refractivity contribution < 1.29 is 0 Å². The second-order valence-electron chi connectivity index (χ2n) is 8.11. The van der Waals surface area contributed by atoms with Crippen molar-refractivity contribution in [2.75, 3.05) is 34.2 Å². The van der Waals surface area contributed by atoms with Gasteiger partial charge in [-0.3, -0.25) is 9.89 Å². The van der Waals surface area contributed by atoms with E-state index in [0.29, 0.717) is 6.04 Å². The zero-order chi connectivity index (χ0) is 20.5. The highest BCUT2D eigenvalue weighted by Gasteiger charge is 2.20. The molecule has 0 amide bonds. The molecule has 5 nitrogen and oxygen atoms in total. The Hall–Kier alpha value is -1.64. The topological polar surface area (TPSA) is 42.9 Å². The molecule has 1 saturated heterocycles. The molecule has 2 aromatic rings. The smallest absolute Gasteiger partial charge is 0.191 e. The van der Waals surface area contributed by atoms with Crippen LogP contribution in [-0.2, 0) is 19.6 Å². The van der Waals surface area contributed by atoms with Gasteiger partial charge in [-0.25, -0.2) is 0 Å². The molecular formula is C24H36IN5. The minimum Gasteiger partial charge on any atom is -0.354 e. The average molecular weight is 521 g/mol. The van der Waals surface area contributed by atoms with Gasteiger partial charge in [-0.15, -0.1) is 24.0 Å². The normalized spacial score (nSPS) is 15.7. The van der Waals surface area contributed by atoms with Crippen LogP contribution < -0.4 is 10.6 Å². The predicted octanol–water partition coefficient (Wildman–Crippen LogP) is 3.70. The summed E-state index contributed by atoms with van der Waals surface area (Å²) in [5.41, 5.74) is 4.07. The summed E-state index contributed by atoms with van der Waals surface area (Å²) < 4.78 is 0. The van der Waals surface area contributed by atoms with Crippen molar-refractivity contribution in [2.24, 2.45) is 4.99 Å². The van der Waals surface area contributed by atoms with E-state index in [1.165, 1.54) is 16.7 Å². The van der Waals surface area contributed by atoms with Crippen molar-refractivity contribution >= 4 is 29.9 Å². The maximum absolute atomic E-state index is 4.44. The Morgan fingerprint density at radius 1 is 1.00 bits per heavy atom. The van der Waals surface area contributed by atoms with Gasteiger partial charge in [0.25, 0.3) is 0 Å². The summed E-state index contributed by atoms with van der Waals surface area (Å²) in [6.45, 7) is 5.02. The Bertz CT molecular complexity index is 770. The van der Waals surface area contributed by atoms with E-state index in [2.05, 4.69) is 94.1 Å². The fourth-order valence-corrected chi connectivity index (χ4v) is 3.87. The van der Waals surface area contributed by atoms with Crippen molar-refractivity contribution in [1.82, 2.24) is 20.4 Å². The van der Waals surface area contributed by atoms with E-state index < -0.39 is 0 Å². The molecule has 1 aliphatic heterocycles. The van der Waals surface area contributed by atoms with Gasteiger partial charge in [0.15, 0.2) is 5.96 Å². The summed E-state index contributed by atoms with van der Waals surface area (Å²) in [7, 11) is 6.06. The first-order valence-corrected chi connectivity index (χ1v) is 10.6. The molecule has 30 heavy (non-hydrogen) atoms. The Morgan fingerprint density at radius 3 is 2.27 bits per heavy atom. The number of nitrogens with one attached hydrogen (secondary N) is 2. The molecule has 0 atom stereocenters. The first-order chi connectivity index (χ1) is 14.1. The number of benzene rings is 2. The molecule has 2 aromatic carbocycles. The lowest BCUT2D eigenvalue weighted by Gasteiger charge is -2.33. The first kappa shape index (κ1) is 24.6. The van der Waals surface area contributed by atoms with Gasteiger partial charge >= 0.3 is 0 Å². The summed E-state index contributed by atoms with van der Waals surface area (Å²) in [5.74, 6) is 0.895. The summed E-state index contributed by atoms with van der Waals surface area (Å²) >= 11 is 0. The van der Waals surface area contributed by atoms with Crippen molar-refractivity contribution in [3.05, 3.63) is 71.3 Å². The molecule has 0 bridgehead atoms. The summed E-state index contributed by atoms with van der Waals surface area (Å²) in [6, 6.07) is 19.8. The zero-order valence-electron chi connectivity index (χ0n) is 18.5. The maximum Gasteiger partial charge on any atom is 0.191 e. The van der Waals surface area contributed by atoms with Crippen LogP contribution in [0.3, 0.4) is 0 Å². The van der Waals surface area contributed by atoms with Crippen LogP contribution in [0, 0.1) is 0 Å². The van der Waals surface area contributed by atoms with Crippen LogP contribution in [0.2, 0.25) is 0 Å². The SMILES string of the molecule is CN=C(NCc1ccccc1CN(C)C)NC1CCN(Cc2ccccc2)CC1.I. The van der Waals surface area contributed by atoms with Gasteiger partial charge in [0, 0.05) is 45.8 Å². The number of hydrogen-bond donors (Lipinski definition) is 2. The highest BCUT2D eigenvalue weighted by molar-refractivity contribution is 14.0. The lowest BCUT2D eigenvalue weighted by atomic mass is 10.0. The molecule has 0 aliphatic carbocycles. The second kappa shape index (κ2) is 12.9. The van der Waals surface area contributed by atoms with Crippen molar-refractivity contribution in [3.8, 4) is 0 Å². The van der Waals surface area contributed by atoms with Crippen LogP contribution in [0.5, 0.6) is 0 Å². The number of aliphatic imine (C=N–C) groups is 1. The van der Waals surface area contributed by atoms with Gasteiger partial charge < -0.3 is 15.5 Å².